The number of nitro groups is 2. The number of para-hydroxylation sites is 1. The molecule has 0 spiro atoms. The third-order valence-corrected chi connectivity index (χ3v) is 3.08. The lowest BCUT2D eigenvalue weighted by Gasteiger charge is -2.09. The van der Waals surface area contributed by atoms with E-state index in [4.69, 9.17) is 4.74 Å². The van der Waals surface area contributed by atoms with E-state index < -0.39 is 33.2 Å². The van der Waals surface area contributed by atoms with Gasteiger partial charge in [-0.25, -0.2) is 9.59 Å². The van der Waals surface area contributed by atoms with E-state index in [1.807, 2.05) is 0 Å². The molecule has 25 heavy (non-hydrogen) atoms. The van der Waals surface area contributed by atoms with Crippen molar-refractivity contribution in [2.45, 2.75) is 0 Å². The zero-order valence-electron chi connectivity index (χ0n) is 12.7. The van der Waals surface area contributed by atoms with Crippen LogP contribution in [0.25, 0.3) is 0 Å². The summed E-state index contributed by atoms with van der Waals surface area (Å²) in [7, 11) is 1.06. The van der Waals surface area contributed by atoms with Crippen LogP contribution in [0, 0.1) is 20.2 Å². The Morgan fingerprint density at radius 3 is 2.24 bits per heavy atom. The molecule has 10 nitrogen and oxygen atoms in total. The first-order chi connectivity index (χ1) is 11.8. The topological polar surface area (TPSA) is 139 Å². The van der Waals surface area contributed by atoms with Crippen LogP contribution in [0.5, 0.6) is 5.75 Å². The molecule has 0 unspecified atom stereocenters. The molecule has 2 rings (SSSR count). The molecular weight excluding hydrogens is 336 g/mol. The molecule has 0 aliphatic carbocycles. The van der Waals surface area contributed by atoms with Gasteiger partial charge in [0.25, 0.3) is 5.69 Å². The van der Waals surface area contributed by atoms with Crippen molar-refractivity contribution < 1.29 is 28.9 Å². The molecular formula is C15H10N2O8. The second-order valence-electron chi connectivity index (χ2n) is 4.60. The SMILES string of the molecule is COC(=O)c1cccc([N+](=O)[O-])c1OC(=O)c1cccc([N+](=O)[O-])c1. The number of ether oxygens (including phenoxy) is 2. The third kappa shape index (κ3) is 3.75. The van der Waals surface area contributed by atoms with Crippen molar-refractivity contribution in [3.05, 3.63) is 73.8 Å². The van der Waals surface area contributed by atoms with Gasteiger partial charge in [-0.1, -0.05) is 12.1 Å². The number of benzene rings is 2. The van der Waals surface area contributed by atoms with Crippen molar-refractivity contribution in [3.63, 3.8) is 0 Å². The standard InChI is InChI=1S/C15H10N2O8/c1-24-15(19)11-6-3-7-12(17(22)23)13(11)25-14(18)9-4-2-5-10(8-9)16(20)21/h2-8H,1H3. The molecule has 0 atom stereocenters. The van der Waals surface area contributed by atoms with E-state index in [9.17, 15) is 29.8 Å². The summed E-state index contributed by atoms with van der Waals surface area (Å²) in [6.07, 6.45) is 0. The maximum Gasteiger partial charge on any atom is 0.344 e. The Hall–Kier alpha value is -3.82. The Labute approximate surface area is 139 Å². The predicted molar refractivity (Wildman–Crippen MR) is 82.5 cm³/mol. The van der Waals surface area contributed by atoms with E-state index in [2.05, 4.69) is 4.74 Å². The quantitative estimate of drug-likeness (QED) is 0.348. The average molecular weight is 346 g/mol. The van der Waals surface area contributed by atoms with Crippen LogP contribution in [0.2, 0.25) is 0 Å². The van der Waals surface area contributed by atoms with Crippen LogP contribution in [-0.4, -0.2) is 28.9 Å². The van der Waals surface area contributed by atoms with Crippen molar-refractivity contribution in [1.29, 1.82) is 0 Å². The summed E-state index contributed by atoms with van der Waals surface area (Å²) in [6, 6.07) is 8.08. The number of hydrogen-bond acceptors (Lipinski definition) is 8. The van der Waals surface area contributed by atoms with Gasteiger partial charge < -0.3 is 9.47 Å². The maximum absolute atomic E-state index is 12.2. The van der Waals surface area contributed by atoms with E-state index in [0.717, 1.165) is 19.2 Å². The highest BCUT2D eigenvalue weighted by Gasteiger charge is 2.27. The van der Waals surface area contributed by atoms with Crippen LogP contribution in [-0.2, 0) is 4.74 Å². The van der Waals surface area contributed by atoms with E-state index in [1.54, 1.807) is 0 Å². The summed E-state index contributed by atoms with van der Waals surface area (Å²) in [5, 5.41) is 21.9. The van der Waals surface area contributed by atoms with Crippen LogP contribution >= 0.6 is 0 Å². The Bertz CT molecular complexity index is 878. The molecule has 0 aliphatic rings. The molecule has 0 saturated carbocycles. The lowest BCUT2D eigenvalue weighted by Crippen LogP contribution is -2.14. The number of rotatable bonds is 5. The number of carbonyl (C=O) groups is 2. The average Bonchev–Trinajstić information content (AvgIpc) is 2.61. The fourth-order valence-corrected chi connectivity index (χ4v) is 1.94. The van der Waals surface area contributed by atoms with Gasteiger partial charge in [0.05, 0.1) is 22.5 Å². The largest absolute Gasteiger partial charge is 0.465 e. The Balaban J connectivity index is 2.46. The van der Waals surface area contributed by atoms with Crippen molar-refractivity contribution in [1.82, 2.24) is 0 Å². The highest BCUT2D eigenvalue weighted by atomic mass is 16.6. The van der Waals surface area contributed by atoms with E-state index in [-0.39, 0.29) is 16.8 Å². The zero-order valence-corrected chi connectivity index (χ0v) is 12.7. The second-order valence-corrected chi connectivity index (χ2v) is 4.60. The van der Waals surface area contributed by atoms with Crippen LogP contribution in [0.3, 0.4) is 0 Å². The zero-order chi connectivity index (χ0) is 18.6. The van der Waals surface area contributed by atoms with Gasteiger partial charge in [0, 0.05) is 18.2 Å². The number of nitrogens with zero attached hydrogens (tertiary/aromatic N) is 2. The number of hydrogen-bond donors (Lipinski definition) is 0. The molecule has 2 aromatic rings. The first-order valence-corrected chi connectivity index (χ1v) is 6.67. The summed E-state index contributed by atoms with van der Waals surface area (Å²) < 4.78 is 9.49. The Morgan fingerprint density at radius 2 is 1.64 bits per heavy atom. The lowest BCUT2D eigenvalue weighted by molar-refractivity contribution is -0.385. The van der Waals surface area contributed by atoms with Crippen LogP contribution in [0.1, 0.15) is 20.7 Å². The summed E-state index contributed by atoms with van der Waals surface area (Å²) in [5.74, 6) is -2.63. The number of methoxy groups -OCH3 is 1. The molecule has 0 heterocycles. The third-order valence-electron chi connectivity index (χ3n) is 3.08. The molecule has 128 valence electrons. The van der Waals surface area contributed by atoms with Crippen LogP contribution < -0.4 is 4.74 Å². The monoisotopic (exact) mass is 346 g/mol. The fraction of sp³-hybridized carbons (Fsp3) is 0.0667. The van der Waals surface area contributed by atoms with Crippen LogP contribution in [0.4, 0.5) is 11.4 Å². The molecule has 0 amide bonds. The van der Waals surface area contributed by atoms with Gasteiger partial charge in [-0.2, -0.15) is 0 Å². The van der Waals surface area contributed by atoms with Gasteiger partial charge >= 0.3 is 17.6 Å². The molecule has 0 bridgehead atoms. The fourth-order valence-electron chi connectivity index (χ4n) is 1.94. The lowest BCUT2D eigenvalue weighted by atomic mass is 10.1. The van der Waals surface area contributed by atoms with Gasteiger partial charge in [0.2, 0.25) is 5.75 Å². The van der Waals surface area contributed by atoms with E-state index in [0.29, 0.717) is 0 Å². The van der Waals surface area contributed by atoms with Gasteiger partial charge in [0.1, 0.15) is 5.56 Å². The summed E-state index contributed by atoms with van der Waals surface area (Å²) >= 11 is 0. The summed E-state index contributed by atoms with van der Waals surface area (Å²) in [4.78, 5) is 44.3. The minimum atomic E-state index is -1.09. The van der Waals surface area contributed by atoms with Crippen molar-refractivity contribution in [2.24, 2.45) is 0 Å². The number of non-ortho nitro benzene ring substituents is 1. The maximum atomic E-state index is 12.2. The molecule has 0 aliphatic heterocycles. The number of esters is 2. The van der Waals surface area contributed by atoms with Gasteiger partial charge in [-0.15, -0.1) is 0 Å². The van der Waals surface area contributed by atoms with E-state index >= 15 is 0 Å². The van der Waals surface area contributed by atoms with Crippen molar-refractivity contribution >= 4 is 23.3 Å². The molecule has 0 radical (unpaired) electrons. The number of carbonyl (C=O) groups excluding carboxylic acids is 2. The normalized spacial score (nSPS) is 9.96. The summed E-state index contributed by atoms with van der Waals surface area (Å²) in [6.45, 7) is 0. The second kappa shape index (κ2) is 7.17. The molecule has 10 heteroatoms. The van der Waals surface area contributed by atoms with Crippen molar-refractivity contribution in [2.75, 3.05) is 7.11 Å². The molecule has 0 aromatic heterocycles. The first kappa shape index (κ1) is 17.5. The first-order valence-electron chi connectivity index (χ1n) is 6.67. The van der Waals surface area contributed by atoms with Gasteiger partial charge in [-0.05, 0) is 12.1 Å². The van der Waals surface area contributed by atoms with Gasteiger partial charge in [0.15, 0.2) is 0 Å². The predicted octanol–water partition coefficient (Wildman–Crippen LogP) is 2.51. The van der Waals surface area contributed by atoms with Crippen LogP contribution in [0.15, 0.2) is 42.5 Å². The van der Waals surface area contributed by atoms with Crippen molar-refractivity contribution in [3.8, 4) is 5.75 Å². The molecule has 0 N–H and O–H groups in total. The minimum Gasteiger partial charge on any atom is -0.465 e. The highest BCUT2D eigenvalue weighted by Crippen LogP contribution is 2.32. The van der Waals surface area contributed by atoms with E-state index in [1.165, 1.54) is 30.3 Å². The Morgan fingerprint density at radius 1 is 0.960 bits per heavy atom. The smallest absolute Gasteiger partial charge is 0.344 e. The highest BCUT2D eigenvalue weighted by molar-refractivity contribution is 5.98. The summed E-state index contributed by atoms with van der Waals surface area (Å²) in [5.41, 5.74) is -1.51. The minimum absolute atomic E-state index is 0.205. The number of nitro benzene ring substituents is 2. The Kier molecular flexibility index (Phi) is 5.03. The molecule has 2 aromatic carbocycles. The van der Waals surface area contributed by atoms with Gasteiger partial charge in [-0.3, -0.25) is 20.2 Å². The molecule has 0 fully saturated rings. The molecule has 0 saturated heterocycles.